The maximum atomic E-state index is 12.1. The summed E-state index contributed by atoms with van der Waals surface area (Å²) in [4.78, 5) is 30.0. The van der Waals surface area contributed by atoms with Crippen molar-refractivity contribution >= 4 is 47.4 Å². The largest absolute Gasteiger partial charge is 0.356 e. The number of amides is 2. The first-order valence-electron chi connectivity index (χ1n) is 10.9. The van der Waals surface area contributed by atoms with Crippen LogP contribution in [0, 0.1) is 5.92 Å². The maximum absolute atomic E-state index is 12.1. The van der Waals surface area contributed by atoms with Gasteiger partial charge < -0.3 is 20.9 Å². The number of halogens is 1. The number of nitrogens with zero attached hydrogens (tertiary/aromatic N) is 2. The number of guanidine groups is 1. The Morgan fingerprint density at radius 3 is 2.36 bits per heavy atom. The van der Waals surface area contributed by atoms with Gasteiger partial charge in [-0.3, -0.25) is 14.6 Å². The Balaban J connectivity index is 0.00000544. The molecule has 180 valence electrons. The summed E-state index contributed by atoms with van der Waals surface area (Å²) in [5.41, 5.74) is 3.62. The van der Waals surface area contributed by atoms with E-state index in [1.807, 2.05) is 62.4 Å². The maximum Gasteiger partial charge on any atom is 0.253 e. The number of carbonyl (C=O) groups excluding carboxylic acids is 2. The van der Waals surface area contributed by atoms with Crippen molar-refractivity contribution in [2.45, 2.75) is 33.2 Å². The van der Waals surface area contributed by atoms with Crippen molar-refractivity contribution in [1.29, 1.82) is 0 Å². The van der Waals surface area contributed by atoms with E-state index in [1.54, 1.807) is 26.0 Å². The molecule has 0 aliphatic carbocycles. The summed E-state index contributed by atoms with van der Waals surface area (Å²) in [7, 11) is 5.23. The Labute approximate surface area is 214 Å². The molecule has 2 amide bonds. The van der Waals surface area contributed by atoms with Crippen LogP contribution in [-0.2, 0) is 17.8 Å². The molecule has 0 fully saturated rings. The summed E-state index contributed by atoms with van der Waals surface area (Å²) in [6.07, 6.45) is 1.28. The van der Waals surface area contributed by atoms with E-state index in [9.17, 15) is 9.59 Å². The molecule has 0 saturated heterocycles. The van der Waals surface area contributed by atoms with Crippen LogP contribution in [0.2, 0.25) is 0 Å². The van der Waals surface area contributed by atoms with E-state index in [0.29, 0.717) is 37.0 Å². The molecule has 3 N–H and O–H groups in total. The van der Waals surface area contributed by atoms with Crippen molar-refractivity contribution in [2.75, 3.05) is 33.0 Å². The molecule has 7 nitrogen and oxygen atoms in total. The summed E-state index contributed by atoms with van der Waals surface area (Å²) in [6, 6.07) is 15.5. The molecule has 0 aromatic heterocycles. The van der Waals surface area contributed by atoms with Crippen LogP contribution in [0.4, 0.5) is 5.69 Å². The molecular formula is C25H36IN5O2. The lowest BCUT2D eigenvalue weighted by Gasteiger charge is -2.14. The number of hydrogen-bond donors (Lipinski definition) is 3. The predicted molar refractivity (Wildman–Crippen MR) is 146 cm³/mol. The Morgan fingerprint density at radius 1 is 1.00 bits per heavy atom. The Kier molecular flexibility index (Phi) is 12.5. The second kappa shape index (κ2) is 14.5. The van der Waals surface area contributed by atoms with E-state index >= 15 is 0 Å². The molecule has 2 aromatic rings. The number of benzene rings is 2. The zero-order chi connectivity index (χ0) is 23.5. The molecule has 8 heteroatoms. The molecule has 0 aliphatic rings. The van der Waals surface area contributed by atoms with E-state index in [1.165, 1.54) is 0 Å². The highest BCUT2D eigenvalue weighted by atomic mass is 127. The molecule has 0 spiro atoms. The summed E-state index contributed by atoms with van der Waals surface area (Å²) in [6.45, 7) is 5.32. The number of rotatable bonds is 9. The minimum Gasteiger partial charge on any atom is -0.356 e. The highest BCUT2D eigenvalue weighted by Gasteiger charge is 2.09. The minimum atomic E-state index is -0.0000819. The minimum absolute atomic E-state index is 0. The van der Waals surface area contributed by atoms with Gasteiger partial charge in [-0.05, 0) is 47.7 Å². The van der Waals surface area contributed by atoms with Gasteiger partial charge in [0, 0.05) is 51.9 Å². The number of hydrogen-bond acceptors (Lipinski definition) is 3. The first-order chi connectivity index (χ1) is 15.3. The second-order valence-corrected chi connectivity index (χ2v) is 8.35. The predicted octanol–water partition coefficient (Wildman–Crippen LogP) is 3.90. The van der Waals surface area contributed by atoms with Crippen LogP contribution >= 0.6 is 24.0 Å². The van der Waals surface area contributed by atoms with Gasteiger partial charge in [0.25, 0.3) is 5.91 Å². The smallest absolute Gasteiger partial charge is 0.253 e. The van der Waals surface area contributed by atoms with Crippen molar-refractivity contribution in [3.05, 3.63) is 65.2 Å². The van der Waals surface area contributed by atoms with Gasteiger partial charge in [0.05, 0.1) is 0 Å². The third-order valence-electron chi connectivity index (χ3n) is 4.77. The lowest BCUT2D eigenvalue weighted by Crippen LogP contribution is -2.37. The summed E-state index contributed by atoms with van der Waals surface area (Å²) in [5, 5.41) is 9.54. The van der Waals surface area contributed by atoms with E-state index in [2.05, 4.69) is 20.9 Å². The second-order valence-electron chi connectivity index (χ2n) is 8.35. The van der Waals surface area contributed by atoms with Crippen molar-refractivity contribution in [2.24, 2.45) is 10.9 Å². The fourth-order valence-corrected chi connectivity index (χ4v) is 3.19. The first-order valence-corrected chi connectivity index (χ1v) is 10.9. The lowest BCUT2D eigenvalue weighted by molar-refractivity contribution is -0.116. The van der Waals surface area contributed by atoms with Gasteiger partial charge in [-0.1, -0.05) is 38.1 Å². The quantitative estimate of drug-likeness (QED) is 0.245. The summed E-state index contributed by atoms with van der Waals surface area (Å²) < 4.78 is 0. The molecule has 0 atom stereocenters. The molecule has 0 saturated carbocycles. The highest BCUT2D eigenvalue weighted by molar-refractivity contribution is 14.0. The van der Waals surface area contributed by atoms with Crippen LogP contribution in [-0.4, -0.2) is 50.4 Å². The van der Waals surface area contributed by atoms with E-state index in [4.69, 9.17) is 0 Å². The van der Waals surface area contributed by atoms with E-state index in [0.717, 1.165) is 23.2 Å². The molecule has 0 unspecified atom stereocenters. The van der Waals surface area contributed by atoms with Crippen molar-refractivity contribution in [3.63, 3.8) is 0 Å². The third kappa shape index (κ3) is 10.2. The number of aliphatic imine (C=N–C) groups is 1. The molecule has 2 rings (SSSR count). The zero-order valence-electron chi connectivity index (χ0n) is 20.1. The van der Waals surface area contributed by atoms with Gasteiger partial charge in [0.15, 0.2) is 5.96 Å². The van der Waals surface area contributed by atoms with Gasteiger partial charge in [0.2, 0.25) is 5.91 Å². The number of anilines is 1. The monoisotopic (exact) mass is 565 g/mol. The number of carbonyl (C=O) groups is 2. The zero-order valence-corrected chi connectivity index (χ0v) is 22.5. The van der Waals surface area contributed by atoms with Crippen molar-refractivity contribution < 1.29 is 9.59 Å². The summed E-state index contributed by atoms with van der Waals surface area (Å²) in [5.74, 6) is 1.05. The van der Waals surface area contributed by atoms with Gasteiger partial charge in [0.1, 0.15) is 0 Å². The Morgan fingerprint density at radius 2 is 1.70 bits per heavy atom. The average Bonchev–Trinajstić information content (AvgIpc) is 2.75. The normalized spacial score (nSPS) is 10.9. The highest BCUT2D eigenvalue weighted by Crippen LogP contribution is 2.12. The third-order valence-corrected chi connectivity index (χ3v) is 4.77. The van der Waals surface area contributed by atoms with Crippen LogP contribution in [0.3, 0.4) is 0 Å². The lowest BCUT2D eigenvalue weighted by atomic mass is 10.1. The van der Waals surface area contributed by atoms with Gasteiger partial charge in [-0.15, -0.1) is 24.0 Å². The van der Waals surface area contributed by atoms with Gasteiger partial charge >= 0.3 is 0 Å². The average molecular weight is 566 g/mol. The Bertz CT molecular complexity index is 944. The fourth-order valence-electron chi connectivity index (χ4n) is 3.19. The molecule has 33 heavy (non-hydrogen) atoms. The van der Waals surface area contributed by atoms with Crippen LogP contribution in [0.15, 0.2) is 53.5 Å². The molecule has 2 aromatic carbocycles. The fraction of sp³-hybridized carbons (Fsp3) is 0.400. The standard InChI is InChI=1S/C25H35N5O2.HI/c1-18(2)14-23(31)29-22-11-7-9-20(16-22)17-28-25(26-3)27-13-12-19-8-6-10-21(15-19)24(32)30(4)5;/h6-11,15-16,18H,12-14,17H2,1-5H3,(H,29,31)(H2,26,27,28);1H. The van der Waals surface area contributed by atoms with Crippen LogP contribution in [0.1, 0.15) is 41.8 Å². The SMILES string of the molecule is CN=C(NCCc1cccc(C(=O)N(C)C)c1)NCc1cccc(NC(=O)CC(C)C)c1.I. The van der Waals surface area contributed by atoms with Gasteiger partial charge in [-0.2, -0.15) is 0 Å². The van der Waals surface area contributed by atoms with Crippen molar-refractivity contribution in [1.82, 2.24) is 15.5 Å². The Hall–Kier alpha value is -2.62. The molecule has 0 aliphatic heterocycles. The van der Waals surface area contributed by atoms with Gasteiger partial charge in [-0.25, -0.2) is 0 Å². The molecule has 0 heterocycles. The number of nitrogens with one attached hydrogen (secondary N) is 3. The molecule has 0 bridgehead atoms. The van der Waals surface area contributed by atoms with Crippen LogP contribution < -0.4 is 16.0 Å². The van der Waals surface area contributed by atoms with Crippen LogP contribution in [0.5, 0.6) is 0 Å². The molecular weight excluding hydrogens is 529 g/mol. The topological polar surface area (TPSA) is 85.8 Å². The van der Waals surface area contributed by atoms with Crippen molar-refractivity contribution in [3.8, 4) is 0 Å². The van der Waals surface area contributed by atoms with E-state index < -0.39 is 0 Å². The van der Waals surface area contributed by atoms with E-state index in [-0.39, 0.29) is 35.8 Å². The first kappa shape index (κ1) is 28.4. The van der Waals surface area contributed by atoms with Crippen LogP contribution in [0.25, 0.3) is 0 Å². The molecule has 0 radical (unpaired) electrons. The summed E-state index contributed by atoms with van der Waals surface area (Å²) >= 11 is 0.